The van der Waals surface area contributed by atoms with Crippen molar-refractivity contribution in [3.63, 3.8) is 0 Å². The smallest absolute Gasteiger partial charge is 0.335 e. The third kappa shape index (κ3) is 2.87. The number of aromatic hydroxyl groups is 2. The van der Waals surface area contributed by atoms with Gasteiger partial charge < -0.3 is 21.1 Å². The minimum Gasteiger partial charge on any atom is -0.508 e. The number of carbonyl (C=O) groups is 1. The molecule has 120 valence electrons. The number of fused-ring (bicyclic) bond motifs is 1. The first-order chi connectivity index (χ1) is 11.5. The molecule has 0 spiro atoms. The van der Waals surface area contributed by atoms with Gasteiger partial charge in [0.1, 0.15) is 11.5 Å². The Morgan fingerprint density at radius 1 is 0.958 bits per heavy atom. The van der Waals surface area contributed by atoms with Gasteiger partial charge in [-0.2, -0.15) is 0 Å². The second-order valence-corrected chi connectivity index (χ2v) is 5.39. The van der Waals surface area contributed by atoms with Crippen LogP contribution in [0.15, 0.2) is 48.5 Å². The molecule has 0 aromatic heterocycles. The number of rotatable bonds is 3. The molecule has 5 nitrogen and oxygen atoms in total. The number of phenols is 2. The predicted molar refractivity (Wildman–Crippen MR) is 94.0 cm³/mol. The highest BCUT2D eigenvalue weighted by atomic mass is 16.4. The molecule has 3 rings (SSSR count). The summed E-state index contributed by atoms with van der Waals surface area (Å²) in [4.78, 5) is 10.9. The molecule has 0 unspecified atom stereocenters. The van der Waals surface area contributed by atoms with E-state index >= 15 is 0 Å². The van der Waals surface area contributed by atoms with E-state index in [0.29, 0.717) is 16.8 Å². The number of anilines is 1. The highest BCUT2D eigenvalue weighted by molar-refractivity contribution is 5.98. The van der Waals surface area contributed by atoms with Gasteiger partial charge in [0, 0.05) is 16.8 Å². The summed E-state index contributed by atoms with van der Waals surface area (Å²) in [5.74, 6) is -1.10. The van der Waals surface area contributed by atoms with Crippen molar-refractivity contribution in [2.75, 3.05) is 5.73 Å². The van der Waals surface area contributed by atoms with Gasteiger partial charge in [0.15, 0.2) is 0 Å². The summed E-state index contributed by atoms with van der Waals surface area (Å²) >= 11 is 0. The fourth-order valence-corrected chi connectivity index (χ4v) is 2.52. The maximum absolute atomic E-state index is 10.9. The number of hydrogen-bond acceptors (Lipinski definition) is 4. The van der Waals surface area contributed by atoms with Gasteiger partial charge in [-0.05, 0) is 41.1 Å². The first kappa shape index (κ1) is 15.4. The zero-order valence-electron chi connectivity index (χ0n) is 12.6. The number of nitrogen functional groups attached to an aromatic ring is 1. The van der Waals surface area contributed by atoms with Gasteiger partial charge >= 0.3 is 5.97 Å². The molecule has 0 saturated heterocycles. The molecule has 0 aliphatic carbocycles. The summed E-state index contributed by atoms with van der Waals surface area (Å²) in [5.41, 5.74) is 7.76. The molecule has 0 saturated carbocycles. The van der Waals surface area contributed by atoms with Crippen molar-refractivity contribution in [3.05, 3.63) is 65.2 Å². The van der Waals surface area contributed by atoms with Gasteiger partial charge in [0.25, 0.3) is 0 Å². The third-order valence-electron chi connectivity index (χ3n) is 3.79. The summed E-state index contributed by atoms with van der Waals surface area (Å²) < 4.78 is 0. The predicted octanol–water partition coefficient (Wildman–Crippen LogP) is 3.70. The third-order valence-corrected chi connectivity index (χ3v) is 3.79. The van der Waals surface area contributed by atoms with Gasteiger partial charge in [-0.15, -0.1) is 0 Å². The van der Waals surface area contributed by atoms with Crippen molar-refractivity contribution in [2.45, 2.75) is 0 Å². The quantitative estimate of drug-likeness (QED) is 0.435. The Labute approximate surface area is 137 Å². The molecule has 0 atom stereocenters. The van der Waals surface area contributed by atoms with E-state index in [0.717, 1.165) is 10.8 Å². The van der Waals surface area contributed by atoms with E-state index < -0.39 is 5.97 Å². The Hall–Kier alpha value is -3.47. The van der Waals surface area contributed by atoms with Crippen molar-refractivity contribution in [1.82, 2.24) is 0 Å². The molecular formula is C19H15NO4. The van der Waals surface area contributed by atoms with Crippen LogP contribution in [-0.4, -0.2) is 21.3 Å². The van der Waals surface area contributed by atoms with Crippen LogP contribution in [0.2, 0.25) is 0 Å². The van der Waals surface area contributed by atoms with Crippen LogP contribution in [-0.2, 0) is 0 Å². The van der Waals surface area contributed by atoms with Crippen LogP contribution in [0.4, 0.5) is 5.69 Å². The number of carboxylic acids is 1. The Morgan fingerprint density at radius 3 is 2.42 bits per heavy atom. The van der Waals surface area contributed by atoms with Crippen LogP contribution in [0, 0.1) is 0 Å². The molecule has 0 bridgehead atoms. The van der Waals surface area contributed by atoms with Crippen molar-refractivity contribution >= 4 is 34.6 Å². The molecule has 0 heterocycles. The molecule has 0 aliphatic heterocycles. The number of hydrogen-bond donors (Lipinski definition) is 4. The van der Waals surface area contributed by atoms with Crippen LogP contribution in [0.3, 0.4) is 0 Å². The summed E-state index contributed by atoms with van der Waals surface area (Å²) in [6, 6.07) is 12.8. The molecule has 0 amide bonds. The Morgan fingerprint density at radius 2 is 1.71 bits per heavy atom. The lowest BCUT2D eigenvalue weighted by atomic mass is 10.0. The van der Waals surface area contributed by atoms with Gasteiger partial charge in [-0.3, -0.25) is 0 Å². The highest BCUT2D eigenvalue weighted by Gasteiger charge is 2.07. The molecule has 5 N–H and O–H groups in total. The molecular weight excluding hydrogens is 306 g/mol. The Kier molecular flexibility index (Phi) is 3.83. The van der Waals surface area contributed by atoms with Crippen molar-refractivity contribution < 1.29 is 20.1 Å². The number of aromatic carboxylic acids is 1. The van der Waals surface area contributed by atoms with Gasteiger partial charge in [0.2, 0.25) is 0 Å². The summed E-state index contributed by atoms with van der Waals surface area (Å²) in [6.45, 7) is 0. The molecule has 5 heteroatoms. The summed E-state index contributed by atoms with van der Waals surface area (Å²) in [5, 5.41) is 30.3. The Balaban J connectivity index is 2.06. The molecule has 0 radical (unpaired) electrons. The summed E-state index contributed by atoms with van der Waals surface area (Å²) in [6.07, 6.45) is 3.38. The standard InChI is InChI=1S/C19H15NO4/c20-17-8-5-11-3-6-14(21)10-16(11)15(17)7-4-12-1-2-13(19(23)24)9-18(12)22/h1-10,21-22H,20H2,(H,23,24). The highest BCUT2D eigenvalue weighted by Crippen LogP contribution is 2.30. The van der Waals surface area contributed by atoms with E-state index in [1.165, 1.54) is 18.2 Å². The minimum absolute atomic E-state index is 0.0132. The van der Waals surface area contributed by atoms with E-state index in [-0.39, 0.29) is 17.1 Å². The lowest BCUT2D eigenvalue weighted by molar-refractivity contribution is 0.0696. The number of carboxylic acid groups (broad SMARTS) is 1. The molecule has 0 fully saturated rings. The average molecular weight is 321 g/mol. The molecule has 3 aromatic carbocycles. The number of benzene rings is 3. The monoisotopic (exact) mass is 321 g/mol. The van der Waals surface area contributed by atoms with Crippen LogP contribution >= 0.6 is 0 Å². The Bertz CT molecular complexity index is 971. The maximum atomic E-state index is 10.9. The number of nitrogens with two attached hydrogens (primary N) is 1. The summed E-state index contributed by atoms with van der Waals surface area (Å²) in [7, 11) is 0. The largest absolute Gasteiger partial charge is 0.508 e. The SMILES string of the molecule is Nc1ccc2ccc(O)cc2c1C=Cc1ccc(C(=O)O)cc1O. The van der Waals surface area contributed by atoms with Crippen LogP contribution < -0.4 is 5.73 Å². The fourth-order valence-electron chi connectivity index (χ4n) is 2.52. The topological polar surface area (TPSA) is 104 Å². The van der Waals surface area contributed by atoms with E-state index in [2.05, 4.69) is 0 Å². The van der Waals surface area contributed by atoms with E-state index in [1.54, 1.807) is 36.4 Å². The first-order valence-corrected chi connectivity index (χ1v) is 7.21. The molecule has 0 aliphatic rings. The lowest BCUT2D eigenvalue weighted by Gasteiger charge is -2.07. The zero-order valence-corrected chi connectivity index (χ0v) is 12.6. The van der Waals surface area contributed by atoms with Gasteiger partial charge in [-0.1, -0.05) is 30.4 Å². The second kappa shape index (κ2) is 5.96. The van der Waals surface area contributed by atoms with Crippen LogP contribution in [0.25, 0.3) is 22.9 Å². The fraction of sp³-hybridized carbons (Fsp3) is 0. The van der Waals surface area contributed by atoms with Gasteiger partial charge in [0.05, 0.1) is 5.56 Å². The normalized spacial score (nSPS) is 11.2. The first-order valence-electron chi connectivity index (χ1n) is 7.21. The molecule has 3 aromatic rings. The van der Waals surface area contributed by atoms with Crippen molar-refractivity contribution in [1.29, 1.82) is 0 Å². The maximum Gasteiger partial charge on any atom is 0.335 e. The minimum atomic E-state index is -1.10. The zero-order chi connectivity index (χ0) is 17.3. The molecule has 24 heavy (non-hydrogen) atoms. The van der Waals surface area contributed by atoms with Crippen LogP contribution in [0.1, 0.15) is 21.5 Å². The van der Waals surface area contributed by atoms with Crippen molar-refractivity contribution in [3.8, 4) is 11.5 Å². The van der Waals surface area contributed by atoms with E-state index in [1.807, 2.05) is 6.07 Å². The van der Waals surface area contributed by atoms with Crippen LogP contribution in [0.5, 0.6) is 11.5 Å². The van der Waals surface area contributed by atoms with E-state index in [9.17, 15) is 15.0 Å². The average Bonchev–Trinajstić information content (AvgIpc) is 2.54. The second-order valence-electron chi connectivity index (χ2n) is 5.39. The van der Waals surface area contributed by atoms with E-state index in [4.69, 9.17) is 10.8 Å². The number of phenolic OH excluding ortho intramolecular Hbond substituents is 2. The van der Waals surface area contributed by atoms with Crippen molar-refractivity contribution in [2.24, 2.45) is 0 Å². The van der Waals surface area contributed by atoms with Gasteiger partial charge in [-0.25, -0.2) is 4.79 Å². The lowest BCUT2D eigenvalue weighted by Crippen LogP contribution is -1.95.